The van der Waals surface area contributed by atoms with Gasteiger partial charge in [0.25, 0.3) is 0 Å². The third-order valence-corrected chi connectivity index (χ3v) is 5.28. The van der Waals surface area contributed by atoms with Crippen molar-refractivity contribution in [2.24, 2.45) is 17.6 Å². The molecule has 1 aliphatic heterocycles. The quantitative estimate of drug-likeness (QED) is 0.811. The lowest BCUT2D eigenvalue weighted by atomic mass is 10.00. The van der Waals surface area contributed by atoms with E-state index in [1.165, 1.54) is 5.69 Å². The van der Waals surface area contributed by atoms with Crippen LogP contribution in [0.25, 0.3) is 0 Å². The van der Waals surface area contributed by atoms with Gasteiger partial charge in [-0.05, 0) is 52.9 Å². The number of nitrogens with two attached hydrogens (primary N) is 1. The number of anilines is 1. The first-order valence-corrected chi connectivity index (χ1v) is 7.78. The molecule has 1 heterocycles. The van der Waals surface area contributed by atoms with E-state index >= 15 is 0 Å². The Balaban J connectivity index is 1.81. The predicted octanol–water partition coefficient (Wildman–Crippen LogP) is 2.29. The molecule has 3 unspecified atom stereocenters. The van der Waals surface area contributed by atoms with Gasteiger partial charge in [0.1, 0.15) is 4.99 Å². The van der Waals surface area contributed by atoms with Crippen LogP contribution in [-0.4, -0.2) is 29.3 Å². The van der Waals surface area contributed by atoms with Gasteiger partial charge in [-0.1, -0.05) is 12.2 Å². The first-order chi connectivity index (χ1) is 9.06. The molecule has 0 amide bonds. The van der Waals surface area contributed by atoms with E-state index in [1.54, 1.807) is 0 Å². The number of thiocarbonyl (C=S) groups is 1. The minimum Gasteiger partial charge on any atom is -0.393 e. The van der Waals surface area contributed by atoms with Crippen molar-refractivity contribution in [2.75, 3.05) is 18.0 Å². The predicted molar refractivity (Wildman–Crippen MR) is 84.5 cm³/mol. The van der Waals surface area contributed by atoms with Gasteiger partial charge in [0.2, 0.25) is 0 Å². The Morgan fingerprint density at radius 2 is 2.16 bits per heavy atom. The average Bonchev–Trinajstić information content (AvgIpc) is 2.91. The molecule has 2 aliphatic rings. The molecule has 1 aromatic rings. The fourth-order valence-electron chi connectivity index (χ4n) is 3.35. The second kappa shape index (κ2) is 5.04. The van der Waals surface area contributed by atoms with E-state index in [0.717, 1.165) is 36.0 Å². The molecule has 3 atom stereocenters. The van der Waals surface area contributed by atoms with Crippen molar-refractivity contribution in [3.05, 3.63) is 28.2 Å². The molecule has 5 heteroatoms. The van der Waals surface area contributed by atoms with Gasteiger partial charge in [-0.15, -0.1) is 0 Å². The molecular weight excluding hydrogens is 324 g/mol. The Morgan fingerprint density at radius 3 is 2.79 bits per heavy atom. The highest BCUT2D eigenvalue weighted by Crippen LogP contribution is 2.40. The number of fused-ring (bicyclic) bond motifs is 1. The molecule has 0 spiro atoms. The lowest BCUT2D eigenvalue weighted by Gasteiger charge is -2.21. The van der Waals surface area contributed by atoms with Gasteiger partial charge in [-0.25, -0.2) is 0 Å². The average molecular weight is 341 g/mol. The summed E-state index contributed by atoms with van der Waals surface area (Å²) in [5, 5.41) is 9.97. The summed E-state index contributed by atoms with van der Waals surface area (Å²) in [6, 6.07) is 6.10. The molecule has 0 radical (unpaired) electrons. The SMILES string of the molecule is NC(=S)c1ccc(N2CC3CCC(O)C3C2)cc1Br. The van der Waals surface area contributed by atoms with Crippen LogP contribution in [0, 0.1) is 11.8 Å². The van der Waals surface area contributed by atoms with Crippen LogP contribution in [0.3, 0.4) is 0 Å². The molecular formula is C14H17BrN2OS. The Labute approximate surface area is 126 Å². The monoisotopic (exact) mass is 340 g/mol. The highest BCUT2D eigenvalue weighted by molar-refractivity contribution is 9.10. The Morgan fingerprint density at radius 1 is 1.37 bits per heavy atom. The normalized spacial score (nSPS) is 29.6. The van der Waals surface area contributed by atoms with Crippen LogP contribution in [0.15, 0.2) is 22.7 Å². The van der Waals surface area contributed by atoms with Gasteiger partial charge in [0.15, 0.2) is 0 Å². The number of benzene rings is 1. The lowest BCUT2D eigenvalue weighted by molar-refractivity contribution is 0.133. The van der Waals surface area contributed by atoms with E-state index in [4.69, 9.17) is 18.0 Å². The fourth-order valence-corrected chi connectivity index (χ4v) is 4.24. The molecule has 1 saturated heterocycles. The largest absolute Gasteiger partial charge is 0.393 e. The molecule has 19 heavy (non-hydrogen) atoms. The number of hydrogen-bond acceptors (Lipinski definition) is 3. The van der Waals surface area contributed by atoms with Crippen LogP contribution in [-0.2, 0) is 0 Å². The molecule has 1 saturated carbocycles. The number of aliphatic hydroxyl groups excluding tert-OH is 1. The van der Waals surface area contributed by atoms with Gasteiger partial charge in [-0.3, -0.25) is 0 Å². The highest BCUT2D eigenvalue weighted by Gasteiger charge is 2.41. The third-order valence-electron chi connectivity index (χ3n) is 4.40. The van der Waals surface area contributed by atoms with E-state index in [2.05, 4.69) is 33.0 Å². The van der Waals surface area contributed by atoms with E-state index in [9.17, 15) is 5.11 Å². The van der Waals surface area contributed by atoms with Crippen molar-refractivity contribution in [3.8, 4) is 0 Å². The Hall–Kier alpha value is -0.650. The van der Waals surface area contributed by atoms with Crippen molar-refractivity contribution in [2.45, 2.75) is 18.9 Å². The number of hydrogen-bond donors (Lipinski definition) is 2. The van der Waals surface area contributed by atoms with Gasteiger partial charge >= 0.3 is 0 Å². The van der Waals surface area contributed by atoms with E-state index in [1.807, 2.05) is 6.07 Å². The number of aliphatic hydroxyl groups is 1. The molecule has 1 aliphatic carbocycles. The summed E-state index contributed by atoms with van der Waals surface area (Å²) >= 11 is 8.53. The number of halogens is 1. The summed E-state index contributed by atoms with van der Waals surface area (Å²) < 4.78 is 0.940. The molecule has 3 rings (SSSR count). The molecule has 3 nitrogen and oxygen atoms in total. The first-order valence-electron chi connectivity index (χ1n) is 6.58. The van der Waals surface area contributed by atoms with Gasteiger partial charge in [0, 0.05) is 34.7 Å². The van der Waals surface area contributed by atoms with Crippen LogP contribution in [0.2, 0.25) is 0 Å². The maximum Gasteiger partial charge on any atom is 0.105 e. The third kappa shape index (κ3) is 2.39. The van der Waals surface area contributed by atoms with Crippen LogP contribution in [0.4, 0.5) is 5.69 Å². The van der Waals surface area contributed by atoms with Crippen LogP contribution in [0.1, 0.15) is 18.4 Å². The standard InChI is InChI=1S/C14H17BrN2OS/c15-12-5-9(2-3-10(12)14(16)19)17-6-8-1-4-13(18)11(8)7-17/h2-3,5,8,11,13,18H,1,4,6-7H2,(H2,16,19). The maximum absolute atomic E-state index is 9.97. The van der Waals surface area contributed by atoms with Crippen molar-refractivity contribution in [1.29, 1.82) is 0 Å². The molecule has 0 bridgehead atoms. The zero-order valence-electron chi connectivity index (χ0n) is 10.6. The zero-order chi connectivity index (χ0) is 13.6. The molecule has 0 aromatic heterocycles. The highest BCUT2D eigenvalue weighted by atomic mass is 79.9. The first kappa shape index (κ1) is 13.3. The summed E-state index contributed by atoms with van der Waals surface area (Å²) in [6.45, 7) is 1.99. The summed E-state index contributed by atoms with van der Waals surface area (Å²) in [5.74, 6) is 1.08. The van der Waals surface area contributed by atoms with Crippen molar-refractivity contribution in [3.63, 3.8) is 0 Å². The number of rotatable bonds is 2. The maximum atomic E-state index is 9.97. The summed E-state index contributed by atoms with van der Waals surface area (Å²) in [5.41, 5.74) is 7.71. The minimum atomic E-state index is -0.116. The summed E-state index contributed by atoms with van der Waals surface area (Å²) in [7, 11) is 0. The van der Waals surface area contributed by atoms with Crippen molar-refractivity contribution in [1.82, 2.24) is 0 Å². The number of nitrogens with zero attached hydrogens (tertiary/aromatic N) is 1. The minimum absolute atomic E-state index is 0.116. The molecule has 2 fully saturated rings. The van der Waals surface area contributed by atoms with Crippen LogP contribution < -0.4 is 10.6 Å². The van der Waals surface area contributed by atoms with E-state index in [-0.39, 0.29) is 6.10 Å². The zero-order valence-corrected chi connectivity index (χ0v) is 13.0. The summed E-state index contributed by atoms with van der Waals surface area (Å²) in [4.78, 5) is 2.76. The van der Waals surface area contributed by atoms with Gasteiger partial charge < -0.3 is 15.7 Å². The molecule has 1 aromatic carbocycles. The second-order valence-corrected chi connectivity index (χ2v) is 6.80. The topological polar surface area (TPSA) is 49.5 Å². The fraction of sp³-hybridized carbons (Fsp3) is 0.500. The Kier molecular flexibility index (Phi) is 3.53. The Bertz CT molecular complexity index is 522. The smallest absolute Gasteiger partial charge is 0.105 e. The van der Waals surface area contributed by atoms with Gasteiger partial charge in [-0.2, -0.15) is 0 Å². The van der Waals surface area contributed by atoms with E-state index in [0.29, 0.717) is 16.8 Å². The van der Waals surface area contributed by atoms with Gasteiger partial charge in [0.05, 0.1) is 6.10 Å². The molecule has 3 N–H and O–H groups in total. The van der Waals surface area contributed by atoms with E-state index < -0.39 is 0 Å². The second-order valence-electron chi connectivity index (χ2n) is 5.50. The van der Waals surface area contributed by atoms with Crippen molar-refractivity contribution < 1.29 is 5.11 Å². The molecule has 102 valence electrons. The van der Waals surface area contributed by atoms with Crippen LogP contribution in [0.5, 0.6) is 0 Å². The summed E-state index contributed by atoms with van der Waals surface area (Å²) in [6.07, 6.45) is 2.00. The lowest BCUT2D eigenvalue weighted by Crippen LogP contribution is -2.24. The van der Waals surface area contributed by atoms with Crippen LogP contribution >= 0.6 is 28.1 Å². The van der Waals surface area contributed by atoms with Crippen molar-refractivity contribution >= 4 is 38.8 Å².